The van der Waals surface area contributed by atoms with Crippen LogP contribution in [0.4, 0.5) is 18.9 Å². The summed E-state index contributed by atoms with van der Waals surface area (Å²) in [4.78, 5) is 15.4. The Bertz CT molecular complexity index is 990. The number of alkyl halides is 3. The maximum absolute atomic E-state index is 12.7. The van der Waals surface area contributed by atoms with Crippen LogP contribution in [-0.2, 0) is 9.84 Å². The van der Waals surface area contributed by atoms with Crippen LogP contribution in [0, 0.1) is 0 Å². The summed E-state index contributed by atoms with van der Waals surface area (Å²) in [5.41, 5.74) is 5.85. The maximum atomic E-state index is 12.7. The van der Waals surface area contributed by atoms with Crippen LogP contribution in [0.3, 0.4) is 0 Å². The zero-order valence-electron chi connectivity index (χ0n) is 15.6. The van der Waals surface area contributed by atoms with Crippen LogP contribution in [0.5, 0.6) is 0 Å². The van der Waals surface area contributed by atoms with Gasteiger partial charge in [-0.3, -0.25) is 4.79 Å². The molecule has 0 fully saturated rings. The molecule has 1 aromatic heterocycles. The van der Waals surface area contributed by atoms with E-state index < -0.39 is 40.3 Å². The number of hydrogen-bond donors (Lipinski definition) is 3. The number of pyridine rings is 1. The molecule has 2 rings (SSSR count). The Morgan fingerprint density at radius 2 is 1.79 bits per heavy atom. The molecular weight excluding hydrogens is 411 g/mol. The summed E-state index contributed by atoms with van der Waals surface area (Å²) in [5.74, 6) is -0.853. The summed E-state index contributed by atoms with van der Waals surface area (Å²) in [5, 5.41) is 10.8. The summed E-state index contributed by atoms with van der Waals surface area (Å²) in [7, 11) is -3.95. The van der Waals surface area contributed by atoms with Gasteiger partial charge < -0.3 is 16.2 Å². The van der Waals surface area contributed by atoms with Gasteiger partial charge in [0.2, 0.25) is 9.84 Å². The minimum absolute atomic E-state index is 0.00796. The lowest BCUT2D eigenvalue weighted by atomic mass is 10.0. The van der Waals surface area contributed by atoms with Crippen molar-refractivity contribution in [2.24, 2.45) is 0 Å². The fourth-order valence-corrected chi connectivity index (χ4v) is 3.60. The van der Waals surface area contributed by atoms with Crippen LogP contribution < -0.4 is 11.1 Å². The van der Waals surface area contributed by atoms with Crippen LogP contribution >= 0.6 is 0 Å². The van der Waals surface area contributed by atoms with E-state index in [9.17, 15) is 26.4 Å². The number of hydrogen-bond acceptors (Lipinski definition) is 6. The van der Waals surface area contributed by atoms with Crippen LogP contribution in [0.25, 0.3) is 0 Å². The number of nitrogens with zero attached hydrogens (tertiary/aromatic N) is 1. The van der Waals surface area contributed by atoms with Gasteiger partial charge in [-0.05, 0) is 29.7 Å². The Kier molecular flexibility index (Phi) is 6.53. The van der Waals surface area contributed by atoms with Crippen molar-refractivity contribution in [3.05, 3.63) is 47.8 Å². The van der Waals surface area contributed by atoms with Crippen molar-refractivity contribution in [1.29, 1.82) is 0 Å². The molecule has 4 N–H and O–H groups in total. The highest BCUT2D eigenvalue weighted by molar-refractivity contribution is 7.91. The van der Waals surface area contributed by atoms with Gasteiger partial charge in [0.15, 0.2) is 11.8 Å². The SMILES string of the molecule is CC(C)c1ccc(S(=O)(=O)c2cnc(C(=O)NCC(O)C(F)(F)F)c(N)c2)cc1. The van der Waals surface area contributed by atoms with E-state index in [0.29, 0.717) is 0 Å². The Balaban J connectivity index is 2.22. The fourth-order valence-electron chi connectivity index (χ4n) is 2.36. The number of carbonyl (C=O) groups excluding carboxylic acids is 1. The molecule has 0 radical (unpaired) electrons. The molecule has 0 saturated heterocycles. The predicted octanol–water partition coefficient (Wildman–Crippen LogP) is 2.27. The first-order valence-corrected chi connectivity index (χ1v) is 9.96. The second-order valence-corrected chi connectivity index (χ2v) is 8.55. The van der Waals surface area contributed by atoms with E-state index in [0.717, 1.165) is 17.8 Å². The Morgan fingerprint density at radius 3 is 2.28 bits per heavy atom. The number of halogens is 3. The van der Waals surface area contributed by atoms with Gasteiger partial charge in [0.25, 0.3) is 5.91 Å². The van der Waals surface area contributed by atoms with Crippen LogP contribution in [0.1, 0.15) is 35.8 Å². The van der Waals surface area contributed by atoms with E-state index in [1.54, 1.807) is 12.1 Å². The second-order valence-electron chi connectivity index (χ2n) is 6.60. The molecule has 158 valence electrons. The van der Waals surface area contributed by atoms with Crippen LogP contribution in [0.2, 0.25) is 0 Å². The van der Waals surface area contributed by atoms with Crippen molar-refractivity contribution < 1.29 is 31.5 Å². The first-order valence-electron chi connectivity index (χ1n) is 8.47. The molecule has 1 amide bonds. The van der Waals surface area contributed by atoms with Gasteiger partial charge in [-0.1, -0.05) is 26.0 Å². The molecule has 2 aromatic rings. The summed E-state index contributed by atoms with van der Waals surface area (Å²) < 4.78 is 62.3. The lowest BCUT2D eigenvalue weighted by Gasteiger charge is -2.15. The zero-order chi connectivity index (χ0) is 22.0. The van der Waals surface area contributed by atoms with Crippen LogP contribution in [-0.4, -0.2) is 43.2 Å². The third kappa shape index (κ3) is 5.24. The number of aliphatic hydroxyl groups is 1. The van der Waals surface area contributed by atoms with Crippen molar-refractivity contribution in [3.63, 3.8) is 0 Å². The Hall–Kier alpha value is -2.66. The number of rotatable bonds is 6. The molecule has 0 aliphatic rings. The number of nitrogen functional groups attached to an aromatic ring is 1. The molecule has 29 heavy (non-hydrogen) atoms. The Morgan fingerprint density at radius 1 is 1.21 bits per heavy atom. The number of nitrogens with two attached hydrogens (primary N) is 1. The highest BCUT2D eigenvalue weighted by atomic mass is 32.2. The van der Waals surface area contributed by atoms with Crippen molar-refractivity contribution >= 4 is 21.4 Å². The molecule has 11 heteroatoms. The molecule has 7 nitrogen and oxygen atoms in total. The monoisotopic (exact) mass is 431 g/mol. The van der Waals surface area contributed by atoms with E-state index in [4.69, 9.17) is 10.8 Å². The van der Waals surface area contributed by atoms with E-state index >= 15 is 0 Å². The largest absolute Gasteiger partial charge is 0.416 e. The van der Waals surface area contributed by atoms with Gasteiger partial charge in [-0.2, -0.15) is 13.2 Å². The van der Waals surface area contributed by atoms with E-state index in [1.165, 1.54) is 12.1 Å². The quantitative estimate of drug-likeness (QED) is 0.645. The van der Waals surface area contributed by atoms with Gasteiger partial charge in [0.1, 0.15) is 0 Å². The fraction of sp³-hybridized carbons (Fsp3) is 0.333. The van der Waals surface area contributed by atoms with E-state index in [2.05, 4.69) is 4.98 Å². The minimum Gasteiger partial charge on any atom is -0.397 e. The molecule has 0 spiro atoms. The lowest BCUT2D eigenvalue weighted by Crippen LogP contribution is -2.41. The first kappa shape index (κ1) is 22.6. The number of aromatic nitrogens is 1. The topological polar surface area (TPSA) is 122 Å². The minimum atomic E-state index is -4.89. The number of carbonyl (C=O) groups is 1. The lowest BCUT2D eigenvalue weighted by molar-refractivity contribution is -0.201. The summed E-state index contributed by atoms with van der Waals surface area (Å²) in [6.07, 6.45) is -6.74. The van der Waals surface area contributed by atoms with Crippen molar-refractivity contribution in [2.75, 3.05) is 12.3 Å². The normalized spacial score (nSPS) is 13.3. The van der Waals surface area contributed by atoms with Gasteiger partial charge in [0.05, 0.1) is 22.0 Å². The predicted molar refractivity (Wildman–Crippen MR) is 99.0 cm³/mol. The average molecular weight is 431 g/mol. The maximum Gasteiger partial charge on any atom is 0.416 e. The molecule has 0 aliphatic heterocycles. The molecule has 1 atom stereocenters. The number of benzene rings is 1. The van der Waals surface area contributed by atoms with E-state index in [-0.39, 0.29) is 21.4 Å². The number of aliphatic hydroxyl groups excluding tert-OH is 1. The molecule has 1 heterocycles. The van der Waals surface area contributed by atoms with Crippen molar-refractivity contribution in [3.8, 4) is 0 Å². The summed E-state index contributed by atoms with van der Waals surface area (Å²) in [6.45, 7) is 2.84. The molecular formula is C18H20F3N3O4S. The number of amides is 1. The highest BCUT2D eigenvalue weighted by Gasteiger charge is 2.38. The molecule has 0 saturated carbocycles. The smallest absolute Gasteiger partial charge is 0.397 e. The second kappa shape index (κ2) is 8.37. The third-order valence-corrected chi connectivity index (χ3v) is 5.84. The summed E-state index contributed by atoms with van der Waals surface area (Å²) in [6, 6.07) is 7.26. The molecule has 0 aliphatic carbocycles. The first-order chi connectivity index (χ1) is 13.3. The van der Waals surface area contributed by atoms with E-state index in [1.807, 2.05) is 19.2 Å². The van der Waals surface area contributed by atoms with Crippen molar-refractivity contribution in [2.45, 2.75) is 41.8 Å². The highest BCUT2D eigenvalue weighted by Crippen LogP contribution is 2.25. The van der Waals surface area contributed by atoms with Crippen LogP contribution in [0.15, 0.2) is 46.3 Å². The number of anilines is 1. The van der Waals surface area contributed by atoms with Gasteiger partial charge in [0, 0.05) is 6.20 Å². The van der Waals surface area contributed by atoms with Gasteiger partial charge >= 0.3 is 6.18 Å². The van der Waals surface area contributed by atoms with Gasteiger partial charge in [-0.25, -0.2) is 13.4 Å². The molecule has 1 aromatic carbocycles. The number of sulfone groups is 1. The van der Waals surface area contributed by atoms with Crippen molar-refractivity contribution in [1.82, 2.24) is 10.3 Å². The third-order valence-electron chi connectivity index (χ3n) is 4.11. The summed E-state index contributed by atoms with van der Waals surface area (Å²) >= 11 is 0. The number of nitrogens with one attached hydrogen (secondary N) is 1. The molecule has 0 bridgehead atoms. The average Bonchev–Trinajstić information content (AvgIpc) is 2.64. The van der Waals surface area contributed by atoms with Gasteiger partial charge in [-0.15, -0.1) is 0 Å². The zero-order valence-corrected chi connectivity index (χ0v) is 16.4. The molecule has 1 unspecified atom stereocenters. The Labute approximate surface area is 165 Å². The standard InChI is InChI=1S/C18H20F3N3O4S/c1-10(2)11-3-5-12(6-4-11)29(27,28)13-7-14(22)16(23-8-13)17(26)24-9-15(25)18(19,20)21/h3-8,10,15,25H,9,22H2,1-2H3,(H,24,26).